The Morgan fingerprint density at radius 3 is 2.46 bits per heavy atom. The Hall–Kier alpha value is -0.620. The molecule has 72 valence electrons. The summed E-state index contributed by atoms with van der Waals surface area (Å²) in [6.45, 7) is 0.170. The first-order valence-corrected chi connectivity index (χ1v) is 4.16. The smallest absolute Gasteiger partial charge is 0.326 e. The van der Waals surface area contributed by atoms with Gasteiger partial charge in [0.2, 0.25) is 0 Å². The summed E-state index contributed by atoms with van der Waals surface area (Å²) in [6, 6.07) is 1.32. The molecule has 0 aliphatic heterocycles. The fourth-order valence-corrected chi connectivity index (χ4v) is 1.42. The Balaban J connectivity index is 3.13. The van der Waals surface area contributed by atoms with Gasteiger partial charge in [0.1, 0.15) is 0 Å². The summed E-state index contributed by atoms with van der Waals surface area (Å²) in [5.74, 6) is 0. The summed E-state index contributed by atoms with van der Waals surface area (Å²) >= 11 is 2.79. The summed E-state index contributed by atoms with van der Waals surface area (Å²) in [5.41, 5.74) is 4.86. The van der Waals surface area contributed by atoms with E-state index in [1.807, 2.05) is 0 Å². The zero-order valence-electron chi connectivity index (χ0n) is 6.40. The van der Waals surface area contributed by atoms with Crippen molar-refractivity contribution in [1.82, 2.24) is 4.98 Å². The van der Waals surface area contributed by atoms with Gasteiger partial charge < -0.3 is 5.73 Å². The molecule has 1 aromatic rings. The van der Waals surface area contributed by atoms with Crippen molar-refractivity contribution in [3.63, 3.8) is 0 Å². The van der Waals surface area contributed by atoms with Crippen molar-refractivity contribution in [2.24, 2.45) is 5.73 Å². The fourth-order valence-electron chi connectivity index (χ4n) is 0.798. The first kappa shape index (κ1) is 10.5. The Labute approximate surface area is 81.1 Å². The molecule has 6 heteroatoms. The average Bonchev–Trinajstić information content (AvgIpc) is 2.01. The zero-order chi connectivity index (χ0) is 10.1. The van der Waals surface area contributed by atoms with Crippen LogP contribution in [-0.2, 0) is 12.7 Å². The van der Waals surface area contributed by atoms with Crippen molar-refractivity contribution in [3.05, 3.63) is 28.0 Å². The van der Waals surface area contributed by atoms with E-state index in [1.54, 1.807) is 0 Å². The van der Waals surface area contributed by atoms with E-state index in [2.05, 4.69) is 20.9 Å². The van der Waals surface area contributed by atoms with Gasteiger partial charge >= 0.3 is 6.18 Å². The van der Waals surface area contributed by atoms with E-state index < -0.39 is 11.9 Å². The van der Waals surface area contributed by atoms with Crippen molar-refractivity contribution in [3.8, 4) is 0 Å². The van der Waals surface area contributed by atoms with Gasteiger partial charge in [-0.05, 0) is 27.6 Å². The molecule has 0 bridgehead atoms. The van der Waals surface area contributed by atoms with Gasteiger partial charge in [-0.25, -0.2) is 0 Å². The highest BCUT2D eigenvalue weighted by Gasteiger charge is 2.34. The van der Waals surface area contributed by atoms with Crippen LogP contribution in [0.3, 0.4) is 0 Å². The van der Waals surface area contributed by atoms with Gasteiger partial charge in [0.15, 0.2) is 5.69 Å². The van der Waals surface area contributed by atoms with E-state index in [-0.39, 0.29) is 11.0 Å². The molecule has 0 unspecified atom stereocenters. The molecule has 0 fully saturated rings. The van der Waals surface area contributed by atoms with Crippen LogP contribution in [0.5, 0.6) is 0 Å². The summed E-state index contributed by atoms with van der Waals surface area (Å²) in [6.07, 6.45) is -3.31. The number of halogens is 4. The van der Waals surface area contributed by atoms with Crippen LogP contribution in [0, 0.1) is 0 Å². The molecule has 1 aromatic heterocycles. The van der Waals surface area contributed by atoms with E-state index in [0.29, 0.717) is 5.56 Å². The average molecular weight is 255 g/mol. The van der Waals surface area contributed by atoms with Gasteiger partial charge in [0.05, 0.1) is 0 Å². The molecule has 0 aliphatic carbocycles. The zero-order valence-corrected chi connectivity index (χ0v) is 7.98. The first-order valence-electron chi connectivity index (χ1n) is 3.37. The van der Waals surface area contributed by atoms with E-state index in [9.17, 15) is 13.2 Å². The molecule has 0 atom stereocenters. The highest BCUT2D eigenvalue weighted by molar-refractivity contribution is 9.10. The Morgan fingerprint density at radius 2 is 2.08 bits per heavy atom. The quantitative estimate of drug-likeness (QED) is 0.836. The van der Waals surface area contributed by atoms with Crippen LogP contribution >= 0.6 is 15.9 Å². The molecule has 0 spiro atoms. The maximum absolute atomic E-state index is 12.2. The molecule has 0 aromatic carbocycles. The summed E-state index contributed by atoms with van der Waals surface area (Å²) in [5, 5.41) is 0. The molecular formula is C7H6BrF3N2. The van der Waals surface area contributed by atoms with Crippen LogP contribution in [0.15, 0.2) is 16.7 Å². The highest BCUT2D eigenvalue weighted by atomic mass is 79.9. The summed E-state index contributed by atoms with van der Waals surface area (Å²) in [4.78, 5) is 3.27. The number of hydrogen-bond donors (Lipinski definition) is 1. The van der Waals surface area contributed by atoms with E-state index in [1.165, 1.54) is 6.07 Å². The molecule has 0 saturated carbocycles. The van der Waals surface area contributed by atoms with Crippen LogP contribution in [0.1, 0.15) is 11.3 Å². The molecule has 0 saturated heterocycles. The molecule has 2 nitrogen and oxygen atoms in total. The molecule has 0 aliphatic rings. The Morgan fingerprint density at radius 1 is 1.46 bits per heavy atom. The predicted molar refractivity (Wildman–Crippen MR) is 44.8 cm³/mol. The van der Waals surface area contributed by atoms with Crippen LogP contribution in [0.4, 0.5) is 13.2 Å². The third kappa shape index (κ3) is 2.41. The van der Waals surface area contributed by atoms with Gasteiger partial charge in [-0.1, -0.05) is 0 Å². The first-order chi connectivity index (χ1) is 5.95. The van der Waals surface area contributed by atoms with Crippen LogP contribution in [0.2, 0.25) is 0 Å². The molecule has 1 rings (SSSR count). The van der Waals surface area contributed by atoms with Crippen molar-refractivity contribution >= 4 is 15.9 Å². The molecule has 2 N–H and O–H groups in total. The lowest BCUT2D eigenvalue weighted by Gasteiger charge is -2.08. The van der Waals surface area contributed by atoms with Crippen molar-refractivity contribution in [1.29, 1.82) is 0 Å². The lowest BCUT2D eigenvalue weighted by atomic mass is 10.2. The van der Waals surface area contributed by atoms with Crippen LogP contribution in [0.25, 0.3) is 0 Å². The molecule has 13 heavy (non-hydrogen) atoms. The van der Waals surface area contributed by atoms with Gasteiger partial charge in [-0.2, -0.15) is 13.2 Å². The predicted octanol–water partition coefficient (Wildman–Crippen LogP) is 2.32. The van der Waals surface area contributed by atoms with Crippen molar-refractivity contribution in [2.45, 2.75) is 12.7 Å². The number of nitrogens with zero attached hydrogens (tertiary/aromatic N) is 1. The van der Waals surface area contributed by atoms with E-state index in [0.717, 1.165) is 6.20 Å². The normalized spacial score (nSPS) is 11.8. The summed E-state index contributed by atoms with van der Waals surface area (Å²) in [7, 11) is 0. The number of nitrogens with two attached hydrogens (primary N) is 1. The molecular weight excluding hydrogens is 249 g/mol. The summed E-state index contributed by atoms with van der Waals surface area (Å²) < 4.78 is 36.4. The van der Waals surface area contributed by atoms with Gasteiger partial charge in [0, 0.05) is 17.2 Å². The fraction of sp³-hybridized carbons (Fsp3) is 0.286. The minimum atomic E-state index is -4.42. The third-order valence-electron chi connectivity index (χ3n) is 1.40. The largest absolute Gasteiger partial charge is 0.434 e. The van der Waals surface area contributed by atoms with Crippen molar-refractivity contribution < 1.29 is 13.2 Å². The number of hydrogen-bond acceptors (Lipinski definition) is 2. The van der Waals surface area contributed by atoms with Gasteiger partial charge in [-0.3, -0.25) is 4.98 Å². The monoisotopic (exact) mass is 254 g/mol. The third-order valence-corrected chi connectivity index (χ3v) is 2.01. The second kappa shape index (κ2) is 3.63. The van der Waals surface area contributed by atoms with Gasteiger partial charge in [-0.15, -0.1) is 0 Å². The Bertz CT molecular complexity index is 311. The maximum atomic E-state index is 12.2. The lowest BCUT2D eigenvalue weighted by molar-refractivity contribution is -0.141. The van der Waals surface area contributed by atoms with Crippen molar-refractivity contribution in [2.75, 3.05) is 0 Å². The molecule has 0 radical (unpaired) electrons. The molecule has 1 heterocycles. The maximum Gasteiger partial charge on any atom is 0.434 e. The SMILES string of the molecule is NCc1cnc(C(F)(F)F)c(Br)c1. The van der Waals surface area contributed by atoms with E-state index >= 15 is 0 Å². The number of alkyl halides is 3. The number of rotatable bonds is 1. The topological polar surface area (TPSA) is 38.9 Å². The minimum Gasteiger partial charge on any atom is -0.326 e. The second-order valence-electron chi connectivity index (χ2n) is 2.38. The lowest BCUT2D eigenvalue weighted by Crippen LogP contribution is -2.10. The van der Waals surface area contributed by atoms with Crippen LogP contribution < -0.4 is 5.73 Å². The van der Waals surface area contributed by atoms with Crippen LogP contribution in [-0.4, -0.2) is 4.98 Å². The number of pyridine rings is 1. The highest BCUT2D eigenvalue weighted by Crippen LogP contribution is 2.33. The standard InChI is InChI=1S/C7H6BrF3N2/c8-5-1-4(2-12)3-13-6(5)7(9,10)11/h1,3H,2,12H2. The number of aromatic nitrogens is 1. The second-order valence-corrected chi connectivity index (χ2v) is 3.23. The van der Waals surface area contributed by atoms with Gasteiger partial charge in [0.25, 0.3) is 0 Å². The Kier molecular flexibility index (Phi) is 2.92. The van der Waals surface area contributed by atoms with E-state index in [4.69, 9.17) is 5.73 Å². The minimum absolute atomic E-state index is 0.0806. The molecule has 0 amide bonds.